The molecule has 4 nitrogen and oxygen atoms in total. The zero-order valence-corrected chi connectivity index (χ0v) is 13.2. The molecular formula is C18H23NO3. The Kier molecular flexibility index (Phi) is 6.37. The highest BCUT2D eigenvalue weighted by Gasteiger charge is 2.12. The van der Waals surface area contributed by atoms with Crippen molar-refractivity contribution in [3.63, 3.8) is 0 Å². The summed E-state index contributed by atoms with van der Waals surface area (Å²) in [5.41, 5.74) is 1.96. The van der Waals surface area contributed by atoms with E-state index in [-0.39, 0.29) is 5.56 Å². The Bertz CT molecular complexity index is 616. The van der Waals surface area contributed by atoms with Crippen LogP contribution in [0.4, 0.5) is 0 Å². The van der Waals surface area contributed by atoms with Crippen LogP contribution in [0.5, 0.6) is 0 Å². The van der Waals surface area contributed by atoms with Gasteiger partial charge in [0.15, 0.2) is 6.29 Å². The molecular weight excluding hydrogens is 278 g/mol. The average molecular weight is 301 g/mol. The molecule has 1 heterocycles. The van der Waals surface area contributed by atoms with Crippen LogP contribution in [0.1, 0.15) is 31.3 Å². The first kappa shape index (κ1) is 16.5. The van der Waals surface area contributed by atoms with Gasteiger partial charge in [-0.15, -0.1) is 0 Å². The summed E-state index contributed by atoms with van der Waals surface area (Å²) in [7, 11) is 0. The molecule has 2 rings (SSSR count). The summed E-state index contributed by atoms with van der Waals surface area (Å²) in [5, 5.41) is 0. The summed E-state index contributed by atoms with van der Waals surface area (Å²) in [5.74, 6) is 0. The van der Waals surface area contributed by atoms with Crippen LogP contribution in [0.3, 0.4) is 0 Å². The fraction of sp³-hybridized carbons (Fsp3) is 0.389. The minimum absolute atomic E-state index is 0.0298. The molecule has 2 aromatic rings. The molecule has 0 fully saturated rings. The van der Waals surface area contributed by atoms with Crippen molar-refractivity contribution in [2.24, 2.45) is 0 Å². The second-order valence-electron chi connectivity index (χ2n) is 4.97. The van der Waals surface area contributed by atoms with E-state index in [4.69, 9.17) is 9.47 Å². The van der Waals surface area contributed by atoms with Crippen LogP contribution in [0.2, 0.25) is 0 Å². The van der Waals surface area contributed by atoms with Crippen LogP contribution in [-0.4, -0.2) is 17.8 Å². The first-order valence-electron chi connectivity index (χ1n) is 7.72. The molecule has 0 amide bonds. The highest BCUT2D eigenvalue weighted by atomic mass is 16.7. The van der Waals surface area contributed by atoms with E-state index in [1.807, 2.05) is 44.3 Å². The van der Waals surface area contributed by atoms with E-state index >= 15 is 0 Å². The maximum atomic E-state index is 12.2. The molecule has 0 aliphatic carbocycles. The lowest BCUT2D eigenvalue weighted by molar-refractivity contribution is -0.140. The van der Waals surface area contributed by atoms with Gasteiger partial charge < -0.3 is 14.0 Å². The average Bonchev–Trinajstić information content (AvgIpc) is 2.54. The van der Waals surface area contributed by atoms with Crippen molar-refractivity contribution in [3.8, 4) is 0 Å². The van der Waals surface area contributed by atoms with Gasteiger partial charge in [0.2, 0.25) is 0 Å². The Morgan fingerprint density at radius 2 is 1.73 bits per heavy atom. The number of aromatic nitrogens is 1. The molecule has 0 aliphatic heterocycles. The summed E-state index contributed by atoms with van der Waals surface area (Å²) in [6, 6.07) is 13.6. The number of pyridine rings is 1. The second-order valence-corrected chi connectivity index (χ2v) is 4.97. The van der Waals surface area contributed by atoms with E-state index in [9.17, 15) is 4.79 Å². The summed E-state index contributed by atoms with van der Waals surface area (Å²) in [4.78, 5) is 12.2. The lowest BCUT2D eigenvalue weighted by atomic mass is 10.1. The van der Waals surface area contributed by atoms with Gasteiger partial charge in [0, 0.05) is 37.6 Å². The highest BCUT2D eigenvalue weighted by molar-refractivity contribution is 5.16. The van der Waals surface area contributed by atoms with Crippen LogP contribution >= 0.6 is 0 Å². The van der Waals surface area contributed by atoms with Crippen LogP contribution in [0, 0.1) is 0 Å². The molecule has 22 heavy (non-hydrogen) atoms. The van der Waals surface area contributed by atoms with Crippen molar-refractivity contribution >= 4 is 0 Å². The Labute approximate surface area is 131 Å². The minimum Gasteiger partial charge on any atom is -0.349 e. The maximum Gasteiger partial charge on any atom is 0.250 e. The lowest BCUT2D eigenvalue weighted by Gasteiger charge is -2.17. The van der Waals surface area contributed by atoms with Crippen molar-refractivity contribution in [2.45, 2.75) is 33.1 Å². The molecule has 0 radical (unpaired) electrons. The number of rotatable bonds is 8. The van der Waals surface area contributed by atoms with Gasteiger partial charge in [0.1, 0.15) is 0 Å². The molecule has 1 aromatic carbocycles. The summed E-state index contributed by atoms with van der Waals surface area (Å²) < 4.78 is 12.8. The SMILES string of the molecule is CCOC(OCC)c1ccn(CCc2ccccc2)c(=O)c1. The molecule has 0 N–H and O–H groups in total. The van der Waals surface area contributed by atoms with Gasteiger partial charge in [-0.3, -0.25) is 4.79 Å². The van der Waals surface area contributed by atoms with E-state index in [2.05, 4.69) is 12.1 Å². The van der Waals surface area contributed by atoms with E-state index in [0.29, 0.717) is 19.8 Å². The number of hydrogen-bond acceptors (Lipinski definition) is 3. The number of aryl methyl sites for hydroxylation is 2. The largest absolute Gasteiger partial charge is 0.349 e. The van der Waals surface area contributed by atoms with Crippen molar-refractivity contribution in [3.05, 3.63) is 70.1 Å². The summed E-state index contributed by atoms with van der Waals surface area (Å²) in [6.45, 7) is 5.57. The predicted molar refractivity (Wildman–Crippen MR) is 86.8 cm³/mol. The number of ether oxygens (including phenoxy) is 2. The van der Waals surface area contributed by atoms with Crippen LogP contribution < -0.4 is 5.56 Å². The Morgan fingerprint density at radius 3 is 2.32 bits per heavy atom. The van der Waals surface area contributed by atoms with Crippen LogP contribution in [-0.2, 0) is 22.4 Å². The van der Waals surface area contributed by atoms with E-state index < -0.39 is 6.29 Å². The zero-order chi connectivity index (χ0) is 15.8. The monoisotopic (exact) mass is 301 g/mol. The van der Waals surface area contributed by atoms with Crippen molar-refractivity contribution in [1.29, 1.82) is 0 Å². The first-order chi connectivity index (χ1) is 10.7. The Balaban J connectivity index is 2.07. The standard InChI is InChI=1S/C18H23NO3/c1-3-21-18(22-4-2)16-11-13-19(17(20)14-16)12-10-15-8-6-5-7-9-15/h5-9,11,13-14,18H,3-4,10,12H2,1-2H3. The van der Waals surface area contributed by atoms with Crippen molar-refractivity contribution < 1.29 is 9.47 Å². The molecule has 118 valence electrons. The molecule has 1 aromatic heterocycles. The molecule has 0 saturated heterocycles. The van der Waals surface area contributed by atoms with Gasteiger partial charge in [-0.1, -0.05) is 30.3 Å². The van der Waals surface area contributed by atoms with E-state index in [0.717, 1.165) is 12.0 Å². The summed E-state index contributed by atoms with van der Waals surface area (Å²) >= 11 is 0. The quantitative estimate of drug-likeness (QED) is 0.703. The first-order valence-corrected chi connectivity index (χ1v) is 7.72. The van der Waals surface area contributed by atoms with Gasteiger partial charge in [-0.25, -0.2) is 0 Å². The fourth-order valence-corrected chi connectivity index (χ4v) is 2.29. The topological polar surface area (TPSA) is 40.5 Å². The fourth-order valence-electron chi connectivity index (χ4n) is 2.29. The molecule has 0 unspecified atom stereocenters. The third kappa shape index (κ3) is 4.55. The number of hydrogen-bond donors (Lipinski definition) is 0. The van der Waals surface area contributed by atoms with Gasteiger partial charge >= 0.3 is 0 Å². The number of benzene rings is 1. The Hall–Kier alpha value is -1.91. The van der Waals surface area contributed by atoms with Gasteiger partial charge in [0.25, 0.3) is 5.56 Å². The second kappa shape index (κ2) is 8.51. The molecule has 0 saturated carbocycles. The predicted octanol–water partition coefficient (Wildman–Crippen LogP) is 3.16. The zero-order valence-electron chi connectivity index (χ0n) is 13.2. The Morgan fingerprint density at radius 1 is 1.05 bits per heavy atom. The van der Waals surface area contributed by atoms with Crippen molar-refractivity contribution in [2.75, 3.05) is 13.2 Å². The molecule has 0 atom stereocenters. The van der Waals surface area contributed by atoms with Gasteiger partial charge in [-0.2, -0.15) is 0 Å². The molecule has 0 spiro atoms. The van der Waals surface area contributed by atoms with Gasteiger partial charge in [-0.05, 0) is 31.9 Å². The normalized spacial score (nSPS) is 11.0. The molecule has 4 heteroatoms. The lowest BCUT2D eigenvalue weighted by Crippen LogP contribution is -2.22. The summed E-state index contributed by atoms with van der Waals surface area (Å²) in [6.07, 6.45) is 2.18. The van der Waals surface area contributed by atoms with E-state index in [1.54, 1.807) is 10.6 Å². The van der Waals surface area contributed by atoms with Crippen LogP contribution in [0.25, 0.3) is 0 Å². The number of nitrogens with zero attached hydrogens (tertiary/aromatic N) is 1. The smallest absolute Gasteiger partial charge is 0.250 e. The highest BCUT2D eigenvalue weighted by Crippen LogP contribution is 2.17. The third-order valence-corrected chi connectivity index (χ3v) is 3.41. The molecule has 0 bridgehead atoms. The van der Waals surface area contributed by atoms with E-state index in [1.165, 1.54) is 5.56 Å². The third-order valence-electron chi connectivity index (χ3n) is 3.41. The maximum absolute atomic E-state index is 12.2. The van der Waals surface area contributed by atoms with Crippen LogP contribution in [0.15, 0.2) is 53.5 Å². The van der Waals surface area contributed by atoms with Gasteiger partial charge in [0.05, 0.1) is 0 Å². The van der Waals surface area contributed by atoms with Crippen molar-refractivity contribution in [1.82, 2.24) is 4.57 Å². The minimum atomic E-state index is -0.466. The molecule has 0 aliphatic rings.